The molecule has 2 rings (SSSR count). The smallest absolute Gasteiger partial charge is 0.339 e. The molecule has 0 saturated carbocycles. The Labute approximate surface area is 118 Å². The monoisotopic (exact) mass is 280 g/mol. The molecule has 1 atom stereocenters. The summed E-state index contributed by atoms with van der Waals surface area (Å²) in [4.78, 5) is 11.1. The number of carboxylic acids is 1. The summed E-state index contributed by atoms with van der Waals surface area (Å²) >= 11 is 0. The van der Waals surface area contributed by atoms with Crippen LogP contribution in [0.4, 0.5) is 0 Å². The number of ether oxygens (including phenoxy) is 3. The van der Waals surface area contributed by atoms with Gasteiger partial charge in [0.05, 0.1) is 19.8 Å². The van der Waals surface area contributed by atoms with Crippen LogP contribution in [0.25, 0.3) is 0 Å². The minimum atomic E-state index is -0.998. The summed E-state index contributed by atoms with van der Waals surface area (Å²) in [5, 5.41) is 9.12. The van der Waals surface area contributed by atoms with Gasteiger partial charge in [-0.05, 0) is 37.8 Å². The first-order chi connectivity index (χ1) is 9.70. The molecule has 1 aromatic rings. The Kier molecular flexibility index (Phi) is 5.24. The van der Waals surface area contributed by atoms with Crippen molar-refractivity contribution in [2.75, 3.05) is 20.3 Å². The van der Waals surface area contributed by atoms with Crippen LogP contribution in [0, 0.1) is 0 Å². The molecular formula is C15H20O5. The molecule has 1 N–H and O–H groups in total. The molecule has 0 aliphatic carbocycles. The zero-order chi connectivity index (χ0) is 14.4. The van der Waals surface area contributed by atoms with Gasteiger partial charge in [-0.25, -0.2) is 4.79 Å². The second-order valence-electron chi connectivity index (χ2n) is 4.79. The molecule has 1 fully saturated rings. The number of aromatic carboxylic acids is 1. The summed E-state index contributed by atoms with van der Waals surface area (Å²) < 4.78 is 16.2. The molecule has 0 bridgehead atoms. The lowest BCUT2D eigenvalue weighted by Gasteiger charge is -2.12. The zero-order valence-electron chi connectivity index (χ0n) is 11.6. The fourth-order valence-corrected chi connectivity index (χ4v) is 2.29. The molecule has 0 radical (unpaired) electrons. The molecule has 1 saturated heterocycles. The standard InChI is InChI=1S/C15H20O5/c1-18-12-6-7-13(15(16)17)14(10-12)20-9-3-5-11-4-2-8-19-11/h6-7,10-11H,2-5,8-9H2,1H3,(H,16,17). The molecule has 5 nitrogen and oxygen atoms in total. The van der Waals surface area contributed by atoms with Gasteiger partial charge >= 0.3 is 5.97 Å². The topological polar surface area (TPSA) is 65.0 Å². The van der Waals surface area contributed by atoms with Crippen molar-refractivity contribution in [1.82, 2.24) is 0 Å². The molecule has 1 heterocycles. The van der Waals surface area contributed by atoms with E-state index in [4.69, 9.17) is 19.3 Å². The summed E-state index contributed by atoms with van der Waals surface area (Å²) in [5.41, 5.74) is 0.155. The Hall–Kier alpha value is -1.75. The van der Waals surface area contributed by atoms with Crippen LogP contribution in [-0.2, 0) is 4.74 Å². The van der Waals surface area contributed by atoms with Gasteiger partial charge in [-0.1, -0.05) is 0 Å². The molecule has 1 aliphatic heterocycles. The maximum Gasteiger partial charge on any atom is 0.339 e. The Morgan fingerprint density at radius 2 is 2.35 bits per heavy atom. The van der Waals surface area contributed by atoms with Gasteiger partial charge < -0.3 is 19.3 Å². The van der Waals surface area contributed by atoms with Gasteiger partial charge in [0.15, 0.2) is 0 Å². The van der Waals surface area contributed by atoms with Gasteiger partial charge in [-0.3, -0.25) is 0 Å². The van der Waals surface area contributed by atoms with Crippen LogP contribution in [0.1, 0.15) is 36.0 Å². The molecule has 1 aliphatic rings. The lowest BCUT2D eigenvalue weighted by Crippen LogP contribution is -2.09. The second-order valence-corrected chi connectivity index (χ2v) is 4.79. The van der Waals surface area contributed by atoms with Gasteiger partial charge in [0.2, 0.25) is 0 Å². The van der Waals surface area contributed by atoms with Crippen LogP contribution < -0.4 is 9.47 Å². The summed E-state index contributed by atoms with van der Waals surface area (Å²) in [5.74, 6) is -0.0601. The highest BCUT2D eigenvalue weighted by Crippen LogP contribution is 2.25. The van der Waals surface area contributed by atoms with E-state index in [1.54, 1.807) is 12.1 Å². The van der Waals surface area contributed by atoms with Crippen LogP contribution in [0.5, 0.6) is 11.5 Å². The molecule has 20 heavy (non-hydrogen) atoms. The highest BCUT2D eigenvalue weighted by atomic mass is 16.5. The van der Waals surface area contributed by atoms with Gasteiger partial charge in [-0.15, -0.1) is 0 Å². The predicted molar refractivity (Wildman–Crippen MR) is 73.7 cm³/mol. The molecular weight excluding hydrogens is 260 g/mol. The maximum absolute atomic E-state index is 11.1. The van der Waals surface area contributed by atoms with E-state index < -0.39 is 5.97 Å². The fourth-order valence-electron chi connectivity index (χ4n) is 2.29. The number of methoxy groups -OCH3 is 1. The van der Waals surface area contributed by atoms with Crippen LogP contribution in [0.2, 0.25) is 0 Å². The summed E-state index contributed by atoms with van der Waals surface area (Å²) in [7, 11) is 1.54. The van der Waals surface area contributed by atoms with E-state index in [0.717, 1.165) is 32.3 Å². The number of benzene rings is 1. The van der Waals surface area contributed by atoms with Gasteiger partial charge in [-0.2, -0.15) is 0 Å². The number of hydrogen-bond acceptors (Lipinski definition) is 4. The Balaban J connectivity index is 1.88. The Morgan fingerprint density at radius 1 is 1.50 bits per heavy atom. The lowest BCUT2D eigenvalue weighted by molar-refractivity contribution is 0.0690. The quantitative estimate of drug-likeness (QED) is 0.778. The SMILES string of the molecule is COc1ccc(C(=O)O)c(OCCCC2CCCO2)c1. The largest absolute Gasteiger partial charge is 0.497 e. The zero-order valence-corrected chi connectivity index (χ0v) is 11.6. The van der Waals surface area contributed by atoms with E-state index in [9.17, 15) is 4.79 Å². The fraction of sp³-hybridized carbons (Fsp3) is 0.533. The first-order valence-corrected chi connectivity index (χ1v) is 6.86. The summed E-state index contributed by atoms with van der Waals surface area (Å²) in [6, 6.07) is 4.72. The number of hydrogen-bond donors (Lipinski definition) is 1. The van der Waals surface area contributed by atoms with Crippen LogP contribution in [0.15, 0.2) is 18.2 Å². The molecule has 0 aromatic heterocycles. The first kappa shape index (κ1) is 14.7. The summed E-state index contributed by atoms with van der Waals surface area (Å²) in [6.07, 6.45) is 4.38. The van der Waals surface area contributed by atoms with Crippen LogP contribution in [0.3, 0.4) is 0 Å². The van der Waals surface area contributed by atoms with Crippen molar-refractivity contribution in [3.05, 3.63) is 23.8 Å². The average Bonchev–Trinajstić information content (AvgIpc) is 2.96. The van der Waals surface area contributed by atoms with Crippen LogP contribution >= 0.6 is 0 Å². The van der Waals surface area contributed by atoms with E-state index in [2.05, 4.69) is 0 Å². The first-order valence-electron chi connectivity index (χ1n) is 6.86. The second kappa shape index (κ2) is 7.14. The third-order valence-electron chi connectivity index (χ3n) is 3.37. The minimum Gasteiger partial charge on any atom is -0.497 e. The third kappa shape index (κ3) is 3.87. The van der Waals surface area contributed by atoms with E-state index >= 15 is 0 Å². The van der Waals surface area contributed by atoms with E-state index in [0.29, 0.717) is 24.2 Å². The minimum absolute atomic E-state index is 0.155. The van der Waals surface area contributed by atoms with Crippen molar-refractivity contribution in [3.63, 3.8) is 0 Å². The summed E-state index contributed by atoms with van der Waals surface area (Å²) in [6.45, 7) is 1.33. The van der Waals surface area contributed by atoms with Crippen molar-refractivity contribution >= 4 is 5.97 Å². The van der Waals surface area contributed by atoms with Crippen molar-refractivity contribution in [2.24, 2.45) is 0 Å². The third-order valence-corrected chi connectivity index (χ3v) is 3.37. The molecule has 1 unspecified atom stereocenters. The Bertz CT molecular complexity index is 452. The molecule has 110 valence electrons. The van der Waals surface area contributed by atoms with Crippen LogP contribution in [-0.4, -0.2) is 37.5 Å². The predicted octanol–water partition coefficient (Wildman–Crippen LogP) is 2.73. The molecule has 0 spiro atoms. The number of carbonyl (C=O) groups is 1. The average molecular weight is 280 g/mol. The lowest BCUT2D eigenvalue weighted by atomic mass is 10.1. The van der Waals surface area contributed by atoms with E-state index in [-0.39, 0.29) is 5.56 Å². The molecule has 0 amide bonds. The van der Waals surface area contributed by atoms with E-state index in [1.807, 2.05) is 0 Å². The number of carboxylic acid groups (broad SMARTS) is 1. The molecule has 1 aromatic carbocycles. The van der Waals surface area contributed by atoms with Gasteiger partial charge in [0.1, 0.15) is 17.1 Å². The Morgan fingerprint density at radius 3 is 3.00 bits per heavy atom. The number of rotatable bonds is 7. The van der Waals surface area contributed by atoms with Crippen molar-refractivity contribution in [2.45, 2.75) is 31.8 Å². The van der Waals surface area contributed by atoms with Crippen molar-refractivity contribution in [1.29, 1.82) is 0 Å². The van der Waals surface area contributed by atoms with Crippen molar-refractivity contribution in [3.8, 4) is 11.5 Å². The highest BCUT2D eigenvalue weighted by Gasteiger charge is 2.16. The highest BCUT2D eigenvalue weighted by molar-refractivity contribution is 5.91. The maximum atomic E-state index is 11.1. The normalized spacial score (nSPS) is 17.9. The van der Waals surface area contributed by atoms with Crippen molar-refractivity contribution < 1.29 is 24.1 Å². The van der Waals surface area contributed by atoms with Gasteiger partial charge in [0.25, 0.3) is 0 Å². The van der Waals surface area contributed by atoms with Gasteiger partial charge in [0, 0.05) is 12.7 Å². The van der Waals surface area contributed by atoms with E-state index in [1.165, 1.54) is 13.2 Å². The molecule has 5 heteroatoms.